The minimum absolute atomic E-state index is 0.0665. The van der Waals surface area contributed by atoms with Crippen molar-refractivity contribution < 1.29 is 28.5 Å². The van der Waals surface area contributed by atoms with Gasteiger partial charge in [0.25, 0.3) is 0 Å². The van der Waals surface area contributed by atoms with Crippen molar-refractivity contribution in [2.75, 3.05) is 26.4 Å². The first-order chi connectivity index (χ1) is 18.1. The van der Waals surface area contributed by atoms with Gasteiger partial charge in [-0.25, -0.2) is 9.59 Å². The van der Waals surface area contributed by atoms with Gasteiger partial charge < -0.3 is 18.9 Å². The van der Waals surface area contributed by atoms with Gasteiger partial charge >= 0.3 is 11.9 Å². The predicted octanol–water partition coefficient (Wildman–Crippen LogP) is 5.84. The molecule has 0 amide bonds. The fourth-order valence-corrected chi connectivity index (χ4v) is 6.49. The van der Waals surface area contributed by atoms with Gasteiger partial charge in [0.1, 0.15) is 13.2 Å². The number of esters is 2. The van der Waals surface area contributed by atoms with Gasteiger partial charge in [-0.2, -0.15) is 0 Å². The first-order valence-electron chi connectivity index (χ1n) is 14.2. The Hall–Kier alpha value is -1.29. The second kappa shape index (κ2) is 17.4. The van der Waals surface area contributed by atoms with E-state index in [2.05, 4.69) is 62.1 Å². The molecule has 2 saturated carbocycles. The lowest BCUT2D eigenvalue weighted by molar-refractivity contribution is -0.158. The minimum Gasteiger partial charge on any atom is -0.464 e. The first kappa shape index (κ1) is 32.9. The number of terminal acetylenes is 2. The highest BCUT2D eigenvalue weighted by molar-refractivity contribution is 14.1. The van der Waals surface area contributed by atoms with E-state index in [4.69, 9.17) is 31.8 Å². The molecule has 0 saturated heterocycles. The Morgan fingerprint density at radius 1 is 0.816 bits per heavy atom. The Bertz CT molecular complexity index is 814. The standard InChI is InChI=1S/C31H47IO6/c1-7-9-24(17-37-30(33)19-35-28-15-22(5)11-13-26(28)21(3)4)25(10-8-2)18-38-31(34)20-36-29-16-23(6)12-14-27(29)32/h1-2,21-29H,9-20H2,3-6H3/t22-,23+,24-,25+,26+,27+,28+,29+/m1/s1. The summed E-state index contributed by atoms with van der Waals surface area (Å²) in [5.74, 6) is 6.19. The van der Waals surface area contributed by atoms with Crippen molar-refractivity contribution >= 4 is 34.5 Å². The average molecular weight is 643 g/mol. The first-order valence-corrected chi connectivity index (χ1v) is 15.4. The zero-order chi connectivity index (χ0) is 28.1. The number of halogens is 1. The maximum atomic E-state index is 12.5. The van der Waals surface area contributed by atoms with Crippen molar-refractivity contribution in [3.63, 3.8) is 0 Å². The number of rotatable bonds is 14. The summed E-state index contributed by atoms with van der Waals surface area (Å²) in [4.78, 5) is 25.0. The summed E-state index contributed by atoms with van der Waals surface area (Å²) < 4.78 is 23.4. The van der Waals surface area contributed by atoms with E-state index in [1.54, 1.807) is 0 Å². The van der Waals surface area contributed by atoms with Crippen LogP contribution in [0.15, 0.2) is 0 Å². The summed E-state index contributed by atoms with van der Waals surface area (Å²) >= 11 is 2.41. The van der Waals surface area contributed by atoms with Crippen molar-refractivity contribution in [2.45, 2.75) is 95.2 Å². The minimum atomic E-state index is -0.417. The Morgan fingerprint density at radius 2 is 1.29 bits per heavy atom. The molecule has 2 rings (SSSR count). The normalized spacial score (nSPS) is 29.1. The third-order valence-corrected chi connectivity index (χ3v) is 9.53. The summed E-state index contributed by atoms with van der Waals surface area (Å²) in [6.45, 7) is 8.93. The molecule has 2 aliphatic carbocycles. The van der Waals surface area contributed by atoms with Crippen molar-refractivity contribution in [1.82, 2.24) is 0 Å². The van der Waals surface area contributed by atoms with E-state index in [9.17, 15) is 9.59 Å². The van der Waals surface area contributed by atoms with Crippen LogP contribution in [0.2, 0.25) is 0 Å². The van der Waals surface area contributed by atoms with E-state index in [1.165, 1.54) is 12.8 Å². The lowest BCUT2D eigenvalue weighted by atomic mass is 9.75. The Kier molecular flexibility index (Phi) is 15.1. The van der Waals surface area contributed by atoms with E-state index in [0.717, 1.165) is 25.7 Å². The molecule has 0 radical (unpaired) electrons. The van der Waals surface area contributed by atoms with Crippen LogP contribution in [0.25, 0.3) is 0 Å². The number of alkyl halides is 1. The fourth-order valence-electron chi connectivity index (χ4n) is 5.63. The summed E-state index contributed by atoms with van der Waals surface area (Å²) in [5, 5.41) is 0. The van der Waals surface area contributed by atoms with Crippen LogP contribution in [-0.4, -0.2) is 54.5 Å². The monoisotopic (exact) mass is 642 g/mol. The molecule has 0 aromatic rings. The number of ether oxygens (including phenoxy) is 4. The summed E-state index contributed by atoms with van der Waals surface area (Å²) in [7, 11) is 0. The van der Waals surface area contributed by atoms with Crippen LogP contribution in [0.3, 0.4) is 0 Å². The topological polar surface area (TPSA) is 71.1 Å². The van der Waals surface area contributed by atoms with Crippen LogP contribution in [0.4, 0.5) is 0 Å². The molecule has 214 valence electrons. The lowest BCUT2D eigenvalue weighted by Crippen LogP contribution is -2.36. The van der Waals surface area contributed by atoms with Crippen LogP contribution in [0.1, 0.15) is 79.1 Å². The van der Waals surface area contributed by atoms with Gasteiger partial charge in [0.2, 0.25) is 0 Å². The molecule has 0 N–H and O–H groups in total. The predicted molar refractivity (Wildman–Crippen MR) is 157 cm³/mol. The molecule has 0 spiro atoms. The van der Waals surface area contributed by atoms with Gasteiger partial charge in [0.05, 0.1) is 25.4 Å². The maximum absolute atomic E-state index is 12.5. The number of hydrogen-bond donors (Lipinski definition) is 0. The van der Waals surface area contributed by atoms with Crippen LogP contribution in [0.5, 0.6) is 0 Å². The van der Waals surface area contributed by atoms with Gasteiger partial charge in [-0.05, 0) is 55.8 Å². The molecule has 38 heavy (non-hydrogen) atoms. The van der Waals surface area contributed by atoms with Crippen molar-refractivity contribution in [3.05, 3.63) is 0 Å². The van der Waals surface area contributed by atoms with Crippen LogP contribution >= 0.6 is 22.6 Å². The fraction of sp³-hybridized carbons (Fsp3) is 0.806. The highest BCUT2D eigenvalue weighted by Gasteiger charge is 2.32. The molecule has 0 aromatic heterocycles. The maximum Gasteiger partial charge on any atom is 0.332 e. The van der Waals surface area contributed by atoms with Crippen LogP contribution in [-0.2, 0) is 28.5 Å². The van der Waals surface area contributed by atoms with Gasteiger partial charge in [0.15, 0.2) is 0 Å². The Balaban J connectivity index is 1.81. The smallest absolute Gasteiger partial charge is 0.332 e. The molecule has 7 heteroatoms. The SMILES string of the molecule is C#CC[C@H](COC(=O)CO[C@H]1C[C@H](C)CC[C@H]1C(C)C)[C@@H](CC#C)COC(=O)CO[C@H]1C[C@@H](C)CC[C@@H]1I. The molecule has 0 heterocycles. The molecule has 2 fully saturated rings. The van der Waals surface area contributed by atoms with E-state index in [1.807, 2.05) is 0 Å². The zero-order valence-electron chi connectivity index (χ0n) is 23.7. The van der Waals surface area contributed by atoms with Gasteiger partial charge in [-0.3, -0.25) is 0 Å². The molecule has 0 aliphatic heterocycles. The quantitative estimate of drug-likeness (QED) is 0.103. The van der Waals surface area contributed by atoms with Crippen LogP contribution < -0.4 is 0 Å². The average Bonchev–Trinajstić information content (AvgIpc) is 2.88. The molecule has 2 aliphatic rings. The summed E-state index contributed by atoms with van der Waals surface area (Å²) in [6.07, 6.45) is 18.6. The molecule has 0 aromatic carbocycles. The number of carbonyl (C=O) groups excluding carboxylic acids is 2. The zero-order valence-corrected chi connectivity index (χ0v) is 25.8. The molecule has 0 bridgehead atoms. The van der Waals surface area contributed by atoms with E-state index >= 15 is 0 Å². The molecule has 6 nitrogen and oxygen atoms in total. The van der Waals surface area contributed by atoms with E-state index in [0.29, 0.717) is 40.4 Å². The van der Waals surface area contributed by atoms with Crippen molar-refractivity contribution in [1.29, 1.82) is 0 Å². The molecular formula is C31H47IO6. The molecule has 8 atom stereocenters. The van der Waals surface area contributed by atoms with Gasteiger partial charge in [-0.1, -0.05) is 56.7 Å². The van der Waals surface area contributed by atoms with Gasteiger partial charge in [0, 0.05) is 28.6 Å². The number of carbonyl (C=O) groups is 2. The van der Waals surface area contributed by atoms with Crippen molar-refractivity contribution in [3.8, 4) is 24.7 Å². The molecular weight excluding hydrogens is 595 g/mol. The summed E-state index contributed by atoms with van der Waals surface area (Å²) in [6, 6.07) is 0. The number of hydrogen-bond acceptors (Lipinski definition) is 6. The van der Waals surface area contributed by atoms with E-state index < -0.39 is 11.9 Å². The third-order valence-electron chi connectivity index (χ3n) is 8.11. The third kappa shape index (κ3) is 11.4. The Labute approximate surface area is 244 Å². The molecule has 0 unspecified atom stereocenters. The second-order valence-corrected chi connectivity index (χ2v) is 13.3. The highest BCUT2D eigenvalue weighted by Crippen LogP contribution is 2.35. The largest absolute Gasteiger partial charge is 0.464 e. The lowest BCUT2D eigenvalue weighted by Gasteiger charge is -2.37. The van der Waals surface area contributed by atoms with Crippen molar-refractivity contribution in [2.24, 2.45) is 35.5 Å². The Morgan fingerprint density at radius 3 is 1.79 bits per heavy atom. The van der Waals surface area contributed by atoms with Crippen LogP contribution in [0, 0.1) is 60.2 Å². The second-order valence-electron chi connectivity index (χ2n) is 11.7. The summed E-state index contributed by atoms with van der Waals surface area (Å²) in [5.41, 5.74) is 0. The van der Waals surface area contributed by atoms with Gasteiger partial charge in [-0.15, -0.1) is 24.7 Å². The van der Waals surface area contributed by atoms with E-state index in [-0.39, 0.29) is 50.5 Å². The highest BCUT2D eigenvalue weighted by atomic mass is 127.